The van der Waals surface area contributed by atoms with Gasteiger partial charge in [0.25, 0.3) is 5.91 Å². The molecule has 4 rings (SSSR count). The molecule has 1 aliphatic rings. The molecule has 1 N–H and O–H groups in total. The van der Waals surface area contributed by atoms with E-state index in [1.807, 2.05) is 19.9 Å². The summed E-state index contributed by atoms with van der Waals surface area (Å²) < 4.78 is 16.6. The fourth-order valence-corrected chi connectivity index (χ4v) is 4.06. The molecule has 0 radical (unpaired) electrons. The van der Waals surface area contributed by atoms with Crippen molar-refractivity contribution < 1.29 is 23.8 Å². The Balaban J connectivity index is 1.92. The topological polar surface area (TPSA) is 89.2 Å². The lowest BCUT2D eigenvalue weighted by atomic mass is 9.97. The Morgan fingerprint density at radius 2 is 1.97 bits per heavy atom. The van der Waals surface area contributed by atoms with Gasteiger partial charge in [-0.05, 0) is 50.1 Å². The number of ether oxygens (including phenoxy) is 2. The molecule has 0 fully saturated rings. The van der Waals surface area contributed by atoms with E-state index in [4.69, 9.17) is 13.9 Å². The van der Waals surface area contributed by atoms with E-state index in [1.54, 1.807) is 36.3 Å². The first-order chi connectivity index (χ1) is 15.0. The lowest BCUT2D eigenvalue weighted by Gasteiger charge is -2.25. The van der Waals surface area contributed by atoms with Crippen molar-refractivity contribution in [3.05, 3.63) is 69.1 Å². The van der Waals surface area contributed by atoms with Gasteiger partial charge in [-0.1, -0.05) is 17.7 Å². The monoisotopic (exact) mass is 423 g/mol. The Hall–Kier alpha value is -3.32. The summed E-state index contributed by atoms with van der Waals surface area (Å²) in [6.07, 6.45) is 0.607. The first-order valence-corrected chi connectivity index (χ1v) is 10.3. The minimum Gasteiger partial charge on any atom is -0.504 e. The van der Waals surface area contributed by atoms with Gasteiger partial charge in [-0.2, -0.15) is 0 Å². The number of hydrogen-bond donors (Lipinski definition) is 1. The van der Waals surface area contributed by atoms with E-state index in [9.17, 15) is 14.7 Å². The zero-order valence-corrected chi connectivity index (χ0v) is 17.8. The van der Waals surface area contributed by atoms with E-state index >= 15 is 0 Å². The van der Waals surface area contributed by atoms with Crippen LogP contribution in [0, 0.1) is 6.92 Å². The van der Waals surface area contributed by atoms with Gasteiger partial charge in [-0.15, -0.1) is 0 Å². The SMILES string of the molecule is CCOc1cc([C@@H]2c3c(oc4ccc(C)cc4c3=O)C(=O)N2CCCOC)ccc1O. The van der Waals surface area contributed by atoms with Crippen molar-refractivity contribution in [2.75, 3.05) is 26.9 Å². The minimum atomic E-state index is -0.639. The van der Waals surface area contributed by atoms with E-state index in [0.717, 1.165) is 5.56 Å². The van der Waals surface area contributed by atoms with E-state index in [2.05, 4.69) is 0 Å². The number of carbonyl (C=O) groups is 1. The average molecular weight is 423 g/mol. The number of aryl methyl sites for hydroxylation is 1. The van der Waals surface area contributed by atoms with Crippen LogP contribution in [0.5, 0.6) is 11.5 Å². The van der Waals surface area contributed by atoms with Crippen LogP contribution < -0.4 is 10.2 Å². The van der Waals surface area contributed by atoms with E-state index in [1.165, 1.54) is 6.07 Å². The number of hydrogen-bond acceptors (Lipinski definition) is 6. The summed E-state index contributed by atoms with van der Waals surface area (Å²) in [6, 6.07) is 9.60. The van der Waals surface area contributed by atoms with E-state index < -0.39 is 6.04 Å². The highest BCUT2D eigenvalue weighted by Gasteiger charge is 2.42. The molecule has 0 saturated heterocycles. The molecule has 1 amide bonds. The van der Waals surface area contributed by atoms with Gasteiger partial charge >= 0.3 is 0 Å². The molecular weight excluding hydrogens is 398 g/mol. The Kier molecular flexibility index (Phi) is 5.69. The fourth-order valence-electron chi connectivity index (χ4n) is 4.06. The van der Waals surface area contributed by atoms with Crippen LogP contribution in [0.2, 0.25) is 0 Å². The van der Waals surface area contributed by atoms with Gasteiger partial charge in [0.05, 0.1) is 23.6 Å². The Bertz CT molecular complexity index is 1200. The molecule has 2 aromatic carbocycles. The van der Waals surface area contributed by atoms with Crippen molar-refractivity contribution in [3.63, 3.8) is 0 Å². The van der Waals surface area contributed by atoms with Crippen LogP contribution in [0.25, 0.3) is 11.0 Å². The maximum atomic E-state index is 13.5. The molecule has 0 saturated carbocycles. The molecule has 162 valence electrons. The van der Waals surface area contributed by atoms with Crippen molar-refractivity contribution in [1.29, 1.82) is 0 Å². The molecule has 0 spiro atoms. The molecule has 1 atom stereocenters. The van der Waals surface area contributed by atoms with Gasteiger partial charge in [0.1, 0.15) is 5.58 Å². The summed E-state index contributed by atoms with van der Waals surface area (Å²) in [7, 11) is 1.60. The maximum absolute atomic E-state index is 13.5. The zero-order chi connectivity index (χ0) is 22.1. The fraction of sp³-hybridized carbons (Fsp3) is 0.333. The second-order valence-electron chi connectivity index (χ2n) is 7.58. The number of rotatable bonds is 7. The lowest BCUT2D eigenvalue weighted by Crippen LogP contribution is -2.31. The third-order valence-electron chi connectivity index (χ3n) is 5.47. The van der Waals surface area contributed by atoms with Crippen LogP contribution >= 0.6 is 0 Å². The number of fused-ring (bicyclic) bond motifs is 2. The van der Waals surface area contributed by atoms with Gasteiger partial charge in [-0.3, -0.25) is 9.59 Å². The normalized spacial score (nSPS) is 15.5. The number of benzene rings is 2. The minimum absolute atomic E-state index is 0.00208. The summed E-state index contributed by atoms with van der Waals surface area (Å²) >= 11 is 0. The van der Waals surface area contributed by atoms with Crippen molar-refractivity contribution in [2.24, 2.45) is 0 Å². The molecular formula is C24H25NO6. The highest BCUT2D eigenvalue weighted by molar-refractivity contribution is 5.99. The van der Waals surface area contributed by atoms with Gasteiger partial charge < -0.3 is 23.9 Å². The van der Waals surface area contributed by atoms with Crippen molar-refractivity contribution in [1.82, 2.24) is 4.90 Å². The van der Waals surface area contributed by atoms with Crippen LogP contribution in [0.15, 0.2) is 45.6 Å². The summed E-state index contributed by atoms with van der Waals surface area (Å²) in [5, 5.41) is 10.6. The van der Waals surface area contributed by atoms with Crippen LogP contribution in [-0.2, 0) is 4.74 Å². The largest absolute Gasteiger partial charge is 0.504 e. The first-order valence-electron chi connectivity index (χ1n) is 10.3. The second kappa shape index (κ2) is 8.43. The van der Waals surface area contributed by atoms with Crippen LogP contribution in [0.3, 0.4) is 0 Å². The summed E-state index contributed by atoms with van der Waals surface area (Å²) in [4.78, 5) is 28.4. The Morgan fingerprint density at radius 1 is 1.16 bits per heavy atom. The third-order valence-corrected chi connectivity index (χ3v) is 5.47. The average Bonchev–Trinajstić information content (AvgIpc) is 3.03. The highest BCUT2D eigenvalue weighted by Crippen LogP contribution is 2.40. The number of aromatic hydroxyl groups is 1. The smallest absolute Gasteiger partial charge is 0.290 e. The van der Waals surface area contributed by atoms with E-state index in [-0.39, 0.29) is 22.8 Å². The number of phenolic OH excluding ortho intramolecular Hbond substituents is 1. The van der Waals surface area contributed by atoms with Gasteiger partial charge in [0, 0.05) is 20.3 Å². The van der Waals surface area contributed by atoms with Gasteiger partial charge in [0.2, 0.25) is 5.76 Å². The van der Waals surface area contributed by atoms with Crippen molar-refractivity contribution >= 4 is 16.9 Å². The molecule has 1 aliphatic heterocycles. The van der Waals surface area contributed by atoms with Gasteiger partial charge in [-0.25, -0.2) is 0 Å². The zero-order valence-electron chi connectivity index (χ0n) is 17.8. The molecule has 0 unspecified atom stereocenters. The van der Waals surface area contributed by atoms with Crippen LogP contribution in [-0.4, -0.2) is 42.8 Å². The lowest BCUT2D eigenvalue weighted by molar-refractivity contribution is 0.0707. The van der Waals surface area contributed by atoms with E-state index in [0.29, 0.717) is 54.0 Å². The predicted molar refractivity (Wildman–Crippen MR) is 116 cm³/mol. The van der Waals surface area contributed by atoms with Crippen molar-refractivity contribution in [2.45, 2.75) is 26.3 Å². The number of methoxy groups -OCH3 is 1. The summed E-state index contributed by atoms with van der Waals surface area (Å²) in [6.45, 7) is 4.97. The molecule has 2 heterocycles. The number of nitrogens with zero attached hydrogens (tertiary/aromatic N) is 1. The van der Waals surface area contributed by atoms with Crippen molar-refractivity contribution in [3.8, 4) is 11.5 Å². The summed E-state index contributed by atoms with van der Waals surface area (Å²) in [5.41, 5.74) is 2.08. The molecule has 3 aromatic rings. The van der Waals surface area contributed by atoms with Gasteiger partial charge in [0.15, 0.2) is 16.9 Å². The summed E-state index contributed by atoms with van der Waals surface area (Å²) in [5.74, 6) is 0.0394. The standard InChI is InChI=1S/C24H25NO6/c1-4-30-19-13-15(7-8-17(19)26)21-20-22(27)16-12-14(2)6-9-18(16)31-23(20)24(28)25(21)10-5-11-29-3/h6-9,12-13,21,26H,4-5,10-11H2,1-3H3/t21-/m1/s1. The Morgan fingerprint density at radius 3 is 2.71 bits per heavy atom. The number of carbonyl (C=O) groups excluding carboxylic acids is 1. The molecule has 0 aliphatic carbocycles. The highest BCUT2D eigenvalue weighted by atomic mass is 16.5. The molecule has 31 heavy (non-hydrogen) atoms. The molecule has 7 nitrogen and oxygen atoms in total. The Labute approximate surface area is 179 Å². The molecule has 1 aromatic heterocycles. The predicted octanol–water partition coefficient (Wildman–Crippen LogP) is 3.79. The second-order valence-corrected chi connectivity index (χ2v) is 7.58. The first kappa shape index (κ1) is 20.9. The molecule has 7 heteroatoms. The number of phenols is 1. The quantitative estimate of drug-likeness (QED) is 0.582. The molecule has 0 bridgehead atoms. The number of amides is 1. The third kappa shape index (κ3) is 3.65. The van der Waals surface area contributed by atoms with Crippen LogP contribution in [0.1, 0.15) is 46.6 Å². The van der Waals surface area contributed by atoms with Crippen LogP contribution in [0.4, 0.5) is 0 Å². The maximum Gasteiger partial charge on any atom is 0.290 e.